The van der Waals surface area contributed by atoms with Crippen LogP contribution in [0.25, 0.3) is 0 Å². The van der Waals surface area contributed by atoms with Gasteiger partial charge in [0.1, 0.15) is 12.1 Å². The molecule has 2 aliphatic heterocycles. The van der Waals surface area contributed by atoms with E-state index in [1.54, 1.807) is 0 Å². The van der Waals surface area contributed by atoms with E-state index < -0.39 is 18.1 Å². The molecule has 2 atom stereocenters. The normalized spacial score (nSPS) is 31.6. The highest BCUT2D eigenvalue weighted by molar-refractivity contribution is 6.07. The number of imide groups is 1. The summed E-state index contributed by atoms with van der Waals surface area (Å²) in [5.74, 6) is 0.0878. The zero-order chi connectivity index (χ0) is 14.1. The number of carbonyl (C=O) groups is 3. The Kier molecular flexibility index (Phi) is 3.63. The average molecular weight is 279 g/mol. The highest BCUT2D eigenvalue weighted by atomic mass is 16.2. The second-order valence-electron chi connectivity index (χ2n) is 6.05. The van der Waals surface area contributed by atoms with E-state index in [1.165, 1.54) is 19.3 Å². The first kappa shape index (κ1) is 13.4. The van der Waals surface area contributed by atoms with Gasteiger partial charge in [-0.2, -0.15) is 0 Å². The van der Waals surface area contributed by atoms with E-state index >= 15 is 0 Å². The van der Waals surface area contributed by atoms with E-state index in [4.69, 9.17) is 0 Å². The summed E-state index contributed by atoms with van der Waals surface area (Å²) in [5, 5.41) is 5.43. The molecule has 20 heavy (non-hydrogen) atoms. The smallest absolute Gasteiger partial charge is 0.325 e. The van der Waals surface area contributed by atoms with Crippen LogP contribution >= 0.6 is 0 Å². The molecule has 4 amide bonds. The van der Waals surface area contributed by atoms with Crippen molar-refractivity contribution in [2.75, 3.05) is 6.54 Å². The van der Waals surface area contributed by atoms with Gasteiger partial charge in [0, 0.05) is 6.54 Å². The summed E-state index contributed by atoms with van der Waals surface area (Å²) in [5.41, 5.74) is 0. The maximum atomic E-state index is 12.4. The van der Waals surface area contributed by atoms with E-state index in [0.29, 0.717) is 18.9 Å². The number of nitrogens with zero attached hydrogens (tertiary/aromatic N) is 1. The van der Waals surface area contributed by atoms with Crippen molar-refractivity contribution in [1.29, 1.82) is 0 Å². The molecule has 2 N–H and O–H groups in total. The van der Waals surface area contributed by atoms with Crippen LogP contribution in [0.15, 0.2) is 0 Å². The fourth-order valence-corrected chi connectivity index (χ4v) is 3.59. The average Bonchev–Trinajstić information content (AvgIpc) is 2.96. The number of amides is 4. The molecule has 6 nitrogen and oxygen atoms in total. The van der Waals surface area contributed by atoms with Crippen molar-refractivity contribution in [3.8, 4) is 0 Å². The molecule has 0 aromatic heterocycles. The number of carbonyl (C=O) groups excluding carboxylic acids is 3. The van der Waals surface area contributed by atoms with Crippen LogP contribution in [0, 0.1) is 5.92 Å². The number of hydrogen-bond donors (Lipinski definition) is 2. The van der Waals surface area contributed by atoms with Crippen LogP contribution in [-0.2, 0) is 9.59 Å². The van der Waals surface area contributed by atoms with Crippen molar-refractivity contribution >= 4 is 17.8 Å². The lowest BCUT2D eigenvalue weighted by molar-refractivity contribution is -0.134. The van der Waals surface area contributed by atoms with Crippen LogP contribution < -0.4 is 10.6 Å². The third-order valence-corrected chi connectivity index (χ3v) is 4.68. The van der Waals surface area contributed by atoms with E-state index in [2.05, 4.69) is 10.6 Å². The lowest BCUT2D eigenvalue weighted by Gasteiger charge is -2.23. The molecule has 2 unspecified atom stereocenters. The van der Waals surface area contributed by atoms with Crippen LogP contribution in [0.4, 0.5) is 4.79 Å². The molecular formula is C14H21N3O3. The quantitative estimate of drug-likeness (QED) is 0.749. The minimum Gasteiger partial charge on any atom is -0.354 e. The molecule has 0 spiro atoms. The zero-order valence-corrected chi connectivity index (χ0v) is 11.6. The first-order chi connectivity index (χ1) is 9.66. The summed E-state index contributed by atoms with van der Waals surface area (Å²) in [6, 6.07) is -1.45. The molecule has 0 aromatic rings. The number of urea groups is 1. The highest BCUT2D eigenvalue weighted by Gasteiger charge is 2.46. The standard InChI is InChI=1S/C14H21N3O3/c18-12-11(6-7-15-12)17-13(19)10(16-14(17)20)8-9-4-2-1-3-5-9/h9-11H,1-8H2,(H,15,18)(H,16,20). The molecule has 2 heterocycles. The Morgan fingerprint density at radius 3 is 2.45 bits per heavy atom. The Morgan fingerprint density at radius 1 is 1.05 bits per heavy atom. The molecular weight excluding hydrogens is 258 g/mol. The second kappa shape index (κ2) is 5.42. The summed E-state index contributed by atoms with van der Waals surface area (Å²) in [7, 11) is 0. The number of hydrogen-bond acceptors (Lipinski definition) is 3. The van der Waals surface area contributed by atoms with Gasteiger partial charge in [0.25, 0.3) is 5.91 Å². The Labute approximate surface area is 118 Å². The van der Waals surface area contributed by atoms with Gasteiger partial charge in [-0.3, -0.25) is 9.59 Å². The van der Waals surface area contributed by atoms with Gasteiger partial charge < -0.3 is 10.6 Å². The van der Waals surface area contributed by atoms with Crippen LogP contribution in [0.5, 0.6) is 0 Å². The van der Waals surface area contributed by atoms with Crippen molar-refractivity contribution < 1.29 is 14.4 Å². The molecule has 1 saturated carbocycles. The van der Waals surface area contributed by atoms with Crippen molar-refractivity contribution in [2.45, 2.75) is 57.0 Å². The van der Waals surface area contributed by atoms with Crippen LogP contribution in [-0.4, -0.2) is 41.4 Å². The molecule has 0 bridgehead atoms. The monoisotopic (exact) mass is 279 g/mol. The molecule has 2 saturated heterocycles. The summed E-state index contributed by atoms with van der Waals surface area (Å²) in [6.07, 6.45) is 7.23. The van der Waals surface area contributed by atoms with Gasteiger partial charge >= 0.3 is 6.03 Å². The zero-order valence-electron chi connectivity index (χ0n) is 11.6. The predicted octanol–water partition coefficient (Wildman–Crippen LogP) is 0.766. The molecule has 1 aliphatic carbocycles. The lowest BCUT2D eigenvalue weighted by Crippen LogP contribution is -2.45. The summed E-state index contributed by atoms with van der Waals surface area (Å²) in [6.45, 7) is 0.536. The molecule has 3 aliphatic rings. The third kappa shape index (κ3) is 2.39. The van der Waals surface area contributed by atoms with E-state index in [0.717, 1.165) is 24.2 Å². The van der Waals surface area contributed by atoms with Gasteiger partial charge in [0.05, 0.1) is 0 Å². The fraction of sp³-hybridized carbons (Fsp3) is 0.786. The highest BCUT2D eigenvalue weighted by Crippen LogP contribution is 2.29. The Morgan fingerprint density at radius 2 is 1.80 bits per heavy atom. The first-order valence-electron chi connectivity index (χ1n) is 7.58. The Hall–Kier alpha value is -1.59. The number of rotatable bonds is 3. The van der Waals surface area contributed by atoms with E-state index in [9.17, 15) is 14.4 Å². The maximum Gasteiger partial charge on any atom is 0.325 e. The Balaban J connectivity index is 1.65. The van der Waals surface area contributed by atoms with E-state index in [1.807, 2.05) is 0 Å². The SMILES string of the molecule is O=C1NCCC1N1C(=O)NC(CC2CCCCC2)C1=O. The summed E-state index contributed by atoms with van der Waals surface area (Å²) in [4.78, 5) is 37.2. The summed E-state index contributed by atoms with van der Waals surface area (Å²) >= 11 is 0. The van der Waals surface area contributed by atoms with Crippen LogP contribution in [0.1, 0.15) is 44.9 Å². The summed E-state index contributed by atoms with van der Waals surface area (Å²) < 4.78 is 0. The molecule has 0 aromatic carbocycles. The number of nitrogens with one attached hydrogen (secondary N) is 2. The molecule has 110 valence electrons. The van der Waals surface area contributed by atoms with Gasteiger partial charge in [0.15, 0.2) is 0 Å². The molecule has 0 radical (unpaired) electrons. The van der Waals surface area contributed by atoms with Gasteiger partial charge in [0.2, 0.25) is 5.91 Å². The fourth-order valence-electron chi connectivity index (χ4n) is 3.59. The van der Waals surface area contributed by atoms with Gasteiger partial charge in [-0.15, -0.1) is 0 Å². The van der Waals surface area contributed by atoms with Gasteiger partial charge in [-0.25, -0.2) is 9.69 Å². The van der Waals surface area contributed by atoms with E-state index in [-0.39, 0.29) is 11.8 Å². The van der Waals surface area contributed by atoms with Gasteiger partial charge in [-0.1, -0.05) is 32.1 Å². The van der Waals surface area contributed by atoms with Crippen molar-refractivity contribution in [2.24, 2.45) is 5.92 Å². The molecule has 3 rings (SSSR count). The first-order valence-corrected chi connectivity index (χ1v) is 7.58. The lowest BCUT2D eigenvalue weighted by atomic mass is 9.85. The minimum absolute atomic E-state index is 0.216. The minimum atomic E-state index is -0.612. The topological polar surface area (TPSA) is 78.5 Å². The van der Waals surface area contributed by atoms with Gasteiger partial charge in [-0.05, 0) is 18.8 Å². The maximum absolute atomic E-state index is 12.4. The van der Waals surface area contributed by atoms with Crippen molar-refractivity contribution in [3.05, 3.63) is 0 Å². The van der Waals surface area contributed by atoms with Crippen molar-refractivity contribution in [3.63, 3.8) is 0 Å². The Bertz CT molecular complexity index is 431. The second-order valence-corrected chi connectivity index (χ2v) is 6.05. The van der Waals surface area contributed by atoms with Crippen LogP contribution in [0.3, 0.4) is 0 Å². The largest absolute Gasteiger partial charge is 0.354 e. The predicted molar refractivity (Wildman–Crippen MR) is 71.8 cm³/mol. The van der Waals surface area contributed by atoms with Crippen molar-refractivity contribution in [1.82, 2.24) is 15.5 Å². The van der Waals surface area contributed by atoms with Crippen LogP contribution in [0.2, 0.25) is 0 Å². The molecule has 6 heteroatoms. The third-order valence-electron chi connectivity index (χ3n) is 4.68. The molecule has 3 fully saturated rings.